The molecule has 0 saturated heterocycles. The maximum Gasteiger partial charge on any atom is 0.102 e. The van der Waals surface area contributed by atoms with E-state index in [1.807, 2.05) is 0 Å². The zero-order valence-electron chi connectivity index (χ0n) is 15.5. The van der Waals surface area contributed by atoms with E-state index in [0.29, 0.717) is 0 Å². The number of hydrogen-bond acceptors (Lipinski definition) is 0. The number of aryl methyl sites for hydroxylation is 1. The maximum atomic E-state index is 2.52. The van der Waals surface area contributed by atoms with Gasteiger partial charge in [-0.15, -0.1) is 33.7 Å². The molecular weight excluding hydrogens is 542 g/mol. The zero-order chi connectivity index (χ0) is 15.9. The van der Waals surface area contributed by atoms with Gasteiger partial charge in [0.1, 0.15) is 8.07 Å². The normalized spacial score (nSPS) is 15.8. The molecule has 0 fully saturated rings. The maximum absolute atomic E-state index is 2.52. The molecule has 0 bridgehead atoms. The molecule has 1 aliphatic heterocycles. The fraction of sp³-hybridized carbons (Fsp3) is 0.227. The molecule has 0 saturated carbocycles. The number of hydrogen-bond donors (Lipinski definition) is 0. The summed E-state index contributed by atoms with van der Waals surface area (Å²) in [5.74, 6) is 0. The minimum atomic E-state index is -1.33. The van der Waals surface area contributed by atoms with Gasteiger partial charge in [-0.2, -0.15) is 0 Å². The first-order chi connectivity index (χ1) is 11.0. The molecule has 3 aromatic rings. The van der Waals surface area contributed by atoms with Crippen molar-refractivity contribution in [2.45, 2.75) is 33.4 Å². The molecule has 0 atom stereocenters. The van der Waals surface area contributed by atoms with Crippen molar-refractivity contribution in [3.63, 3.8) is 0 Å². The van der Waals surface area contributed by atoms with Crippen LogP contribution in [0.2, 0.25) is 13.1 Å². The van der Waals surface area contributed by atoms with Gasteiger partial charge in [0.2, 0.25) is 0 Å². The summed E-state index contributed by atoms with van der Waals surface area (Å²) < 4.78 is 0. The monoisotopic (exact) mass is 563 g/mol. The van der Waals surface area contributed by atoms with Gasteiger partial charge in [0.05, 0.1) is 0 Å². The average molecular weight is 563 g/mol. The second kappa shape index (κ2) is 7.13. The van der Waals surface area contributed by atoms with Crippen LogP contribution in [0.25, 0.3) is 27.1 Å². The van der Waals surface area contributed by atoms with E-state index < -0.39 is 8.07 Å². The van der Waals surface area contributed by atoms with E-state index in [-0.39, 0.29) is 50.7 Å². The smallest absolute Gasteiger partial charge is 0.102 e. The summed E-state index contributed by atoms with van der Waals surface area (Å²) in [7, 11) is -1.33. The second-order valence-electron chi connectivity index (χ2n) is 7.72. The van der Waals surface area contributed by atoms with Crippen LogP contribution < -0.4 is 35.2 Å². The molecule has 5 rings (SSSR count). The van der Waals surface area contributed by atoms with Crippen LogP contribution in [0.15, 0.2) is 42.5 Å². The number of rotatable bonds is 1. The van der Waals surface area contributed by atoms with Gasteiger partial charge < -0.3 is 24.8 Å². The summed E-state index contributed by atoms with van der Waals surface area (Å²) in [6.07, 6.45) is 7.88. The van der Waals surface area contributed by atoms with Gasteiger partial charge in [0.15, 0.2) is 0 Å². The zero-order valence-corrected chi connectivity index (χ0v) is 21.6. The Hall–Kier alpha value is -0.543. The number of allylic oxidation sites excluding steroid dienone is 4. The van der Waals surface area contributed by atoms with Crippen molar-refractivity contribution in [1.29, 1.82) is 0 Å². The van der Waals surface area contributed by atoms with E-state index in [0.717, 1.165) is 6.42 Å². The van der Waals surface area contributed by atoms with E-state index in [2.05, 4.69) is 69.4 Å². The van der Waals surface area contributed by atoms with Crippen molar-refractivity contribution >= 4 is 45.6 Å². The van der Waals surface area contributed by atoms with E-state index in [4.69, 9.17) is 0 Å². The fourth-order valence-corrected chi connectivity index (χ4v) is 8.76. The first-order valence-electron chi connectivity index (χ1n) is 8.53. The van der Waals surface area contributed by atoms with Crippen LogP contribution in [0.5, 0.6) is 0 Å². The van der Waals surface area contributed by atoms with Gasteiger partial charge >= 0.3 is 0 Å². The molecule has 0 amide bonds. The standard InChI is InChI=1S/C22H21Si.2ClH.Hf/c1-13-9-10-17-16(11-13)12-18-19(15-7-5-6-8-15)14(2)21-22(20(17)18)23(21,3)4;;;/h5-7,9-12H,8H2,1-4H3;2*1H;/q-1;;;/p-2. The molecule has 0 nitrogen and oxygen atoms in total. The summed E-state index contributed by atoms with van der Waals surface area (Å²) in [5.41, 5.74) is 5.94. The minimum absolute atomic E-state index is 0. The third kappa shape index (κ3) is 2.76. The summed E-state index contributed by atoms with van der Waals surface area (Å²) in [6.45, 7) is 9.58. The van der Waals surface area contributed by atoms with E-state index >= 15 is 0 Å². The van der Waals surface area contributed by atoms with Crippen LogP contribution >= 0.6 is 0 Å². The number of halogens is 2. The Bertz CT molecular complexity index is 1090. The fourth-order valence-electron chi connectivity index (χ4n) is 4.80. The Morgan fingerprint density at radius 3 is 2.42 bits per heavy atom. The van der Waals surface area contributed by atoms with Crippen LogP contribution in [0.1, 0.15) is 23.1 Å². The van der Waals surface area contributed by atoms with Gasteiger partial charge in [-0.3, -0.25) is 0 Å². The second-order valence-corrected chi connectivity index (χ2v) is 12.0. The molecule has 0 N–H and O–H groups in total. The van der Waals surface area contributed by atoms with Crippen molar-refractivity contribution in [3.05, 3.63) is 59.2 Å². The Morgan fingerprint density at radius 2 is 1.77 bits per heavy atom. The van der Waals surface area contributed by atoms with Gasteiger partial charge in [0.25, 0.3) is 0 Å². The quantitative estimate of drug-likeness (QED) is 0.259. The molecule has 3 aromatic carbocycles. The van der Waals surface area contributed by atoms with Crippen molar-refractivity contribution in [2.24, 2.45) is 0 Å². The molecule has 1 heterocycles. The molecule has 2 aliphatic rings. The molecule has 26 heavy (non-hydrogen) atoms. The molecule has 134 valence electrons. The molecule has 0 unspecified atom stereocenters. The molecule has 0 radical (unpaired) electrons. The predicted molar refractivity (Wildman–Crippen MR) is 105 cm³/mol. The summed E-state index contributed by atoms with van der Waals surface area (Å²) >= 11 is 0. The first-order valence-corrected chi connectivity index (χ1v) is 11.5. The Kier molecular flexibility index (Phi) is 5.96. The van der Waals surface area contributed by atoms with Gasteiger partial charge in [0, 0.05) is 25.8 Å². The third-order valence-corrected chi connectivity index (χ3v) is 9.22. The molecule has 4 heteroatoms. The predicted octanol–water partition coefficient (Wildman–Crippen LogP) is -1.19. The van der Waals surface area contributed by atoms with Crippen LogP contribution in [0, 0.1) is 13.8 Å². The van der Waals surface area contributed by atoms with Gasteiger partial charge in [-0.1, -0.05) is 76.1 Å². The summed E-state index contributed by atoms with van der Waals surface area (Å²) in [6, 6.07) is 9.40. The van der Waals surface area contributed by atoms with E-state index in [1.54, 1.807) is 21.3 Å². The Labute approximate surface area is 187 Å². The molecular formula is C22H21Cl2HfSi-3. The van der Waals surface area contributed by atoms with E-state index in [9.17, 15) is 0 Å². The van der Waals surface area contributed by atoms with Gasteiger partial charge in [-0.25, -0.2) is 0 Å². The van der Waals surface area contributed by atoms with Crippen molar-refractivity contribution in [2.75, 3.05) is 0 Å². The first kappa shape index (κ1) is 21.8. The van der Waals surface area contributed by atoms with Crippen molar-refractivity contribution < 1.29 is 50.7 Å². The Balaban J connectivity index is 0.000000810. The van der Waals surface area contributed by atoms with Crippen LogP contribution in [0.3, 0.4) is 0 Å². The largest absolute Gasteiger partial charge is 1.00 e. The number of fused-ring (bicyclic) bond motifs is 5. The van der Waals surface area contributed by atoms with Crippen molar-refractivity contribution in [3.8, 4) is 0 Å². The molecule has 0 aromatic heterocycles. The minimum Gasteiger partial charge on any atom is -1.00 e. The summed E-state index contributed by atoms with van der Waals surface area (Å²) in [5, 5.41) is 9.39. The van der Waals surface area contributed by atoms with E-state index in [1.165, 1.54) is 32.9 Å². The summed E-state index contributed by atoms with van der Waals surface area (Å²) in [4.78, 5) is 0. The average Bonchev–Trinajstić information content (AvgIpc) is 2.91. The molecule has 0 spiro atoms. The third-order valence-electron chi connectivity index (χ3n) is 5.84. The van der Waals surface area contributed by atoms with Gasteiger partial charge in [-0.05, 0) is 20.3 Å². The van der Waals surface area contributed by atoms with Crippen LogP contribution in [-0.4, -0.2) is 8.07 Å². The molecule has 1 aliphatic carbocycles. The SMILES string of the molecule is Cc1ccc2c(c1)[cH-]c1c(C3=CC=CC3)c(C)c3c(c12)[Si]3(C)C.[Cl-].[Cl-].[Hf]. The topological polar surface area (TPSA) is 0 Å². The Morgan fingerprint density at radius 1 is 1.04 bits per heavy atom. The van der Waals surface area contributed by atoms with Crippen molar-refractivity contribution in [1.82, 2.24) is 0 Å². The van der Waals surface area contributed by atoms with Crippen LogP contribution in [0.4, 0.5) is 0 Å². The number of benzene rings is 2. The van der Waals surface area contributed by atoms with Crippen LogP contribution in [-0.2, 0) is 25.8 Å².